The Hall–Kier alpha value is -6.82. The Bertz CT molecular complexity index is 3110. The van der Waals surface area contributed by atoms with Crippen LogP contribution >= 0.6 is 0 Å². The first-order valence-electron chi connectivity index (χ1n) is 22.1. The van der Waals surface area contributed by atoms with Gasteiger partial charge in [-0.3, -0.25) is 0 Å². The third-order valence-corrected chi connectivity index (χ3v) is 14.3. The first-order valence-corrected chi connectivity index (χ1v) is 22.1. The third kappa shape index (κ3) is 5.45. The molecule has 1 saturated heterocycles. The van der Waals surface area contributed by atoms with Crippen molar-refractivity contribution in [2.45, 2.75) is 36.7 Å². The highest BCUT2D eigenvalue weighted by atomic mass is 19.1. The Labute approximate surface area is 366 Å². The minimum atomic E-state index is -1.13. The first kappa shape index (κ1) is 37.9. The number of ether oxygens (including phenoxy) is 2. The number of halogens is 2. The van der Waals surface area contributed by atoms with Crippen LogP contribution in [-0.4, -0.2) is 26.3 Å². The smallest absolute Gasteiger partial charge is 0.178 e. The minimum Gasteiger partial charge on any atom is -0.472 e. The zero-order valence-corrected chi connectivity index (χ0v) is 35.3. The zero-order valence-electron chi connectivity index (χ0n) is 35.3. The molecule has 0 N–H and O–H groups in total. The fraction of sp³-hybridized carbons (Fsp3) is 0.172. The summed E-state index contributed by atoms with van der Waals surface area (Å²) in [5.41, 5.74) is 12.7. The van der Waals surface area contributed by atoms with Gasteiger partial charge in [-0.25, -0.2) is 8.78 Å². The largest absolute Gasteiger partial charge is 0.472 e. The van der Waals surface area contributed by atoms with Gasteiger partial charge < -0.3 is 14.4 Å². The van der Waals surface area contributed by atoms with E-state index in [9.17, 15) is 0 Å². The maximum Gasteiger partial charge on any atom is 0.178 e. The van der Waals surface area contributed by atoms with Gasteiger partial charge in [-0.05, 0) is 116 Å². The molecule has 1 fully saturated rings. The Morgan fingerprint density at radius 2 is 1.21 bits per heavy atom. The highest BCUT2D eigenvalue weighted by Gasteiger charge is 2.49. The van der Waals surface area contributed by atoms with E-state index in [1.165, 1.54) is 45.5 Å². The van der Waals surface area contributed by atoms with Crippen molar-refractivity contribution in [1.82, 2.24) is 0 Å². The van der Waals surface area contributed by atoms with Crippen molar-refractivity contribution >= 4 is 22.5 Å². The Balaban J connectivity index is 1.13. The highest BCUT2D eigenvalue weighted by Crippen LogP contribution is 2.60. The summed E-state index contributed by atoms with van der Waals surface area (Å²) < 4.78 is 44.3. The van der Waals surface area contributed by atoms with Crippen molar-refractivity contribution in [3.63, 3.8) is 0 Å². The lowest BCUT2D eigenvalue weighted by atomic mass is 9.67. The molecule has 63 heavy (non-hydrogen) atoms. The second-order valence-corrected chi connectivity index (χ2v) is 18.0. The molecule has 1 unspecified atom stereocenters. The van der Waals surface area contributed by atoms with Crippen LogP contribution in [0.5, 0.6) is 5.75 Å². The van der Waals surface area contributed by atoms with E-state index in [1.807, 2.05) is 12.1 Å². The second kappa shape index (κ2) is 14.1. The summed E-state index contributed by atoms with van der Waals surface area (Å²) >= 11 is 0. The van der Waals surface area contributed by atoms with Crippen LogP contribution < -0.4 is 9.64 Å². The molecule has 3 nitrogen and oxygen atoms in total. The van der Waals surface area contributed by atoms with Gasteiger partial charge in [-0.1, -0.05) is 141 Å². The molecule has 0 bridgehead atoms. The van der Waals surface area contributed by atoms with Crippen molar-refractivity contribution in [1.29, 1.82) is 0 Å². The standard InChI is InChI=1S/C58H45F2NO2/c1-56(2)51-36-42(60)22-27-47(51)53-46-26-21-41(59)35-49(46)55-48(54(53)56)28-29-57(63-55,37-18-23-43(24-19-37)61-30-11-32-62-33-31-61)40-20-25-45-44-16-9-10-17-50(44)58(52(45)34-40,38-12-5-3-6-13-38)39-14-7-4-8-15-39/h3-10,12-29,34-36H,11,30-33H2,1-2H3. The molecule has 8 aromatic carbocycles. The fourth-order valence-corrected chi connectivity index (χ4v) is 11.5. The van der Waals surface area contributed by atoms with Crippen LogP contribution in [0.15, 0.2) is 170 Å². The Kier molecular flexibility index (Phi) is 8.48. The normalized spacial score (nSPS) is 18.8. The lowest BCUT2D eigenvalue weighted by molar-refractivity contribution is 0.152. The topological polar surface area (TPSA) is 21.7 Å². The van der Waals surface area contributed by atoms with Crippen LogP contribution in [0.25, 0.3) is 39.1 Å². The van der Waals surface area contributed by atoms with E-state index in [0.717, 1.165) is 76.1 Å². The first-order chi connectivity index (χ1) is 30.8. The number of fused-ring (bicyclic) bond motifs is 11. The summed E-state index contributed by atoms with van der Waals surface area (Å²) in [4.78, 5) is 2.39. The number of hydrogen-bond acceptors (Lipinski definition) is 3. The van der Waals surface area contributed by atoms with Crippen molar-refractivity contribution in [2.24, 2.45) is 0 Å². The van der Waals surface area contributed by atoms with Crippen LogP contribution in [0.1, 0.15) is 70.3 Å². The molecule has 308 valence electrons. The molecule has 4 aliphatic rings. The predicted octanol–water partition coefficient (Wildman–Crippen LogP) is 13.4. The second-order valence-electron chi connectivity index (χ2n) is 18.0. The molecule has 12 rings (SSSR count). The molecule has 0 saturated carbocycles. The van der Waals surface area contributed by atoms with E-state index >= 15 is 8.78 Å². The van der Waals surface area contributed by atoms with Crippen LogP contribution in [0.4, 0.5) is 14.5 Å². The number of anilines is 1. The van der Waals surface area contributed by atoms with Crippen LogP contribution in [0.3, 0.4) is 0 Å². The molecule has 5 heteroatoms. The van der Waals surface area contributed by atoms with Crippen molar-refractivity contribution in [3.8, 4) is 28.0 Å². The third-order valence-electron chi connectivity index (χ3n) is 14.3. The molecule has 0 amide bonds. The van der Waals surface area contributed by atoms with Gasteiger partial charge in [-0.15, -0.1) is 0 Å². The minimum absolute atomic E-state index is 0.276. The quantitative estimate of drug-likeness (QED) is 0.173. The molecule has 8 aromatic rings. The lowest BCUT2D eigenvalue weighted by Gasteiger charge is -2.40. The van der Waals surface area contributed by atoms with Gasteiger partial charge in [0.2, 0.25) is 0 Å². The van der Waals surface area contributed by atoms with Gasteiger partial charge in [-0.2, -0.15) is 0 Å². The zero-order chi connectivity index (χ0) is 42.5. The monoisotopic (exact) mass is 825 g/mol. The SMILES string of the molecule is CC1(C)c2cc(F)ccc2-c2c1c1c(c3cc(F)ccc23)OC(c2ccc(N3CCCOCC3)cc2)(c2ccc3c(c2)C(c2ccccc2)(c2ccccc2)c2ccccc2-3)C=C1. The van der Waals surface area contributed by atoms with Gasteiger partial charge in [0, 0.05) is 52.9 Å². The van der Waals surface area contributed by atoms with Crippen molar-refractivity contribution in [3.05, 3.63) is 232 Å². The molecular weight excluding hydrogens is 781 g/mol. The van der Waals surface area contributed by atoms with Crippen LogP contribution in [0, 0.1) is 11.6 Å². The van der Waals surface area contributed by atoms with Crippen LogP contribution in [0.2, 0.25) is 0 Å². The summed E-state index contributed by atoms with van der Waals surface area (Å²) in [6.45, 7) is 7.51. The maximum absolute atomic E-state index is 15.7. The van der Waals surface area contributed by atoms with Gasteiger partial charge in [0.15, 0.2) is 5.60 Å². The van der Waals surface area contributed by atoms with Crippen molar-refractivity contribution < 1.29 is 18.3 Å². The molecule has 2 aliphatic carbocycles. The summed E-state index contributed by atoms with van der Waals surface area (Å²) in [7, 11) is 0. The average Bonchev–Trinajstić information content (AvgIpc) is 3.55. The van der Waals surface area contributed by atoms with Gasteiger partial charge >= 0.3 is 0 Å². The number of hydrogen-bond donors (Lipinski definition) is 0. The van der Waals surface area contributed by atoms with Crippen LogP contribution in [-0.2, 0) is 21.2 Å². The predicted molar refractivity (Wildman–Crippen MR) is 250 cm³/mol. The summed E-state index contributed by atoms with van der Waals surface area (Å²) in [5, 5.41) is 1.56. The van der Waals surface area contributed by atoms with Gasteiger partial charge in [0.05, 0.1) is 12.0 Å². The number of rotatable bonds is 5. The Morgan fingerprint density at radius 3 is 1.98 bits per heavy atom. The average molecular weight is 826 g/mol. The van der Waals surface area contributed by atoms with E-state index in [4.69, 9.17) is 9.47 Å². The van der Waals surface area contributed by atoms with E-state index in [2.05, 4.69) is 158 Å². The fourth-order valence-electron chi connectivity index (χ4n) is 11.5. The molecule has 1 atom stereocenters. The summed E-state index contributed by atoms with van der Waals surface area (Å²) in [6, 6.07) is 56.1. The highest BCUT2D eigenvalue weighted by molar-refractivity contribution is 6.08. The summed E-state index contributed by atoms with van der Waals surface area (Å²) in [5.74, 6) is -0.00904. The molecule has 2 heterocycles. The van der Waals surface area contributed by atoms with E-state index in [0.29, 0.717) is 17.7 Å². The lowest BCUT2D eigenvalue weighted by Crippen LogP contribution is -2.36. The van der Waals surface area contributed by atoms with Gasteiger partial charge in [0.1, 0.15) is 17.4 Å². The van der Waals surface area contributed by atoms with E-state index in [-0.39, 0.29) is 11.6 Å². The van der Waals surface area contributed by atoms with E-state index in [1.54, 1.807) is 12.1 Å². The van der Waals surface area contributed by atoms with Crippen molar-refractivity contribution in [2.75, 3.05) is 31.2 Å². The number of benzene rings is 8. The molecular formula is C58H45F2NO2. The maximum atomic E-state index is 15.7. The molecule has 2 aliphatic heterocycles. The number of nitrogens with zero attached hydrogens (tertiary/aromatic N) is 1. The van der Waals surface area contributed by atoms with Gasteiger partial charge in [0.25, 0.3) is 0 Å². The Morgan fingerprint density at radius 1 is 0.540 bits per heavy atom. The molecule has 0 spiro atoms. The summed E-state index contributed by atoms with van der Waals surface area (Å²) in [6.07, 6.45) is 5.36. The molecule has 0 aromatic heterocycles. The molecule has 0 radical (unpaired) electrons. The van der Waals surface area contributed by atoms with E-state index < -0.39 is 16.4 Å².